The highest BCUT2D eigenvalue weighted by Crippen LogP contribution is 2.29. The summed E-state index contributed by atoms with van der Waals surface area (Å²) in [6.45, 7) is 1.78. The summed E-state index contributed by atoms with van der Waals surface area (Å²) in [5.41, 5.74) is -1.10. The van der Waals surface area contributed by atoms with Gasteiger partial charge in [-0.05, 0) is 19.8 Å². The molecule has 0 saturated heterocycles. The van der Waals surface area contributed by atoms with Crippen LogP contribution in [0.1, 0.15) is 39.0 Å². The topological polar surface area (TPSA) is 78.4 Å². The van der Waals surface area contributed by atoms with Crippen LogP contribution in [0, 0.1) is 12.3 Å². The molecule has 0 aromatic heterocycles. The lowest BCUT2D eigenvalue weighted by Crippen LogP contribution is -2.56. The van der Waals surface area contributed by atoms with Gasteiger partial charge in [0.05, 0.1) is 0 Å². The van der Waals surface area contributed by atoms with Gasteiger partial charge in [0.1, 0.15) is 5.54 Å². The lowest BCUT2D eigenvalue weighted by atomic mass is 9.98. The minimum atomic E-state index is -1.10. The molecule has 1 aliphatic carbocycles. The van der Waals surface area contributed by atoms with Crippen LogP contribution in [0.3, 0.4) is 0 Å². The van der Waals surface area contributed by atoms with Crippen LogP contribution in [0.4, 0.5) is 4.79 Å². The Labute approximate surface area is 101 Å². The molecule has 17 heavy (non-hydrogen) atoms. The van der Waals surface area contributed by atoms with Crippen LogP contribution >= 0.6 is 0 Å². The van der Waals surface area contributed by atoms with Crippen molar-refractivity contribution in [2.75, 3.05) is 0 Å². The highest BCUT2D eigenvalue weighted by Gasteiger charge is 2.42. The van der Waals surface area contributed by atoms with Crippen molar-refractivity contribution in [3.63, 3.8) is 0 Å². The van der Waals surface area contributed by atoms with Gasteiger partial charge in [0.15, 0.2) is 0 Å². The molecule has 5 nitrogen and oxygen atoms in total. The van der Waals surface area contributed by atoms with Gasteiger partial charge in [-0.3, -0.25) is 0 Å². The first-order chi connectivity index (χ1) is 8.00. The molecule has 3 N–H and O–H groups in total. The minimum absolute atomic E-state index is 0.160. The lowest BCUT2D eigenvalue weighted by molar-refractivity contribution is -0.144. The smallest absolute Gasteiger partial charge is 0.329 e. The summed E-state index contributed by atoms with van der Waals surface area (Å²) in [5, 5.41) is 14.4. The third-order valence-corrected chi connectivity index (χ3v) is 3.02. The lowest BCUT2D eigenvalue weighted by Gasteiger charge is -2.26. The number of aliphatic carboxylic acids is 1. The average molecular weight is 238 g/mol. The van der Waals surface area contributed by atoms with Crippen molar-refractivity contribution in [2.45, 2.75) is 50.6 Å². The number of carboxylic acids is 1. The second kappa shape index (κ2) is 5.58. The Hall–Kier alpha value is -1.70. The van der Waals surface area contributed by atoms with Crippen molar-refractivity contribution in [1.29, 1.82) is 0 Å². The van der Waals surface area contributed by atoms with Crippen molar-refractivity contribution < 1.29 is 14.7 Å². The van der Waals surface area contributed by atoms with Crippen molar-refractivity contribution in [2.24, 2.45) is 0 Å². The zero-order valence-electron chi connectivity index (χ0n) is 9.95. The average Bonchev–Trinajstić information content (AvgIpc) is 2.67. The van der Waals surface area contributed by atoms with Crippen LogP contribution in [0.2, 0.25) is 0 Å². The van der Waals surface area contributed by atoms with Crippen molar-refractivity contribution in [3.05, 3.63) is 0 Å². The van der Waals surface area contributed by atoms with Crippen molar-refractivity contribution >= 4 is 12.0 Å². The third kappa shape index (κ3) is 3.38. The van der Waals surface area contributed by atoms with E-state index >= 15 is 0 Å². The molecule has 0 spiro atoms. The van der Waals surface area contributed by atoms with E-state index in [1.165, 1.54) is 0 Å². The van der Waals surface area contributed by atoms with Gasteiger partial charge in [-0.2, -0.15) is 0 Å². The minimum Gasteiger partial charge on any atom is -0.480 e. The fourth-order valence-corrected chi connectivity index (χ4v) is 2.08. The fraction of sp³-hybridized carbons (Fsp3) is 0.667. The largest absolute Gasteiger partial charge is 0.480 e. The molecule has 1 fully saturated rings. The first-order valence-electron chi connectivity index (χ1n) is 5.76. The summed E-state index contributed by atoms with van der Waals surface area (Å²) in [7, 11) is 0. The predicted octanol–water partition coefficient (Wildman–Crippen LogP) is 1.09. The Morgan fingerprint density at radius 2 is 2.06 bits per heavy atom. The van der Waals surface area contributed by atoms with E-state index in [9.17, 15) is 14.7 Å². The molecule has 0 aromatic carbocycles. The van der Waals surface area contributed by atoms with E-state index in [1.54, 1.807) is 6.92 Å². The maximum Gasteiger partial charge on any atom is 0.329 e. The molecule has 1 aliphatic rings. The number of rotatable bonds is 4. The maximum atomic E-state index is 11.6. The van der Waals surface area contributed by atoms with Crippen LogP contribution < -0.4 is 10.6 Å². The molecule has 1 unspecified atom stereocenters. The number of urea groups is 1. The molecule has 1 saturated carbocycles. The number of carbonyl (C=O) groups excluding carboxylic acids is 1. The van der Waals surface area contributed by atoms with Gasteiger partial charge < -0.3 is 15.7 Å². The number of nitrogens with one attached hydrogen (secondary N) is 2. The molecule has 0 bridgehead atoms. The van der Waals surface area contributed by atoms with Crippen LogP contribution in [0.15, 0.2) is 0 Å². The van der Waals surface area contributed by atoms with Gasteiger partial charge in [0.25, 0.3) is 0 Å². The summed E-state index contributed by atoms with van der Waals surface area (Å²) in [4.78, 5) is 22.8. The van der Waals surface area contributed by atoms with Crippen molar-refractivity contribution in [1.82, 2.24) is 10.6 Å². The molecular formula is C12H18N2O3. The predicted molar refractivity (Wildman–Crippen MR) is 63.4 cm³/mol. The normalized spacial score (nSPS) is 19.1. The highest BCUT2D eigenvalue weighted by atomic mass is 16.4. The zero-order valence-corrected chi connectivity index (χ0v) is 9.95. The number of carbonyl (C=O) groups is 2. The van der Waals surface area contributed by atoms with Gasteiger partial charge in [-0.15, -0.1) is 12.3 Å². The monoisotopic (exact) mass is 238 g/mol. The van der Waals surface area contributed by atoms with E-state index in [0.29, 0.717) is 19.3 Å². The summed E-state index contributed by atoms with van der Waals surface area (Å²) < 4.78 is 0. The van der Waals surface area contributed by atoms with Gasteiger partial charge in [-0.25, -0.2) is 9.59 Å². The van der Waals surface area contributed by atoms with E-state index in [4.69, 9.17) is 6.42 Å². The van der Waals surface area contributed by atoms with Crippen LogP contribution in [-0.4, -0.2) is 28.7 Å². The Bertz CT molecular complexity index is 340. The quantitative estimate of drug-likeness (QED) is 0.642. The molecular weight excluding hydrogens is 220 g/mol. The Morgan fingerprint density at radius 3 is 2.53 bits per heavy atom. The SMILES string of the molecule is C#CCC(C)NC(=O)NC1(C(=O)O)CCCC1. The molecule has 0 aliphatic heterocycles. The first kappa shape index (κ1) is 13.4. The number of hydrogen-bond acceptors (Lipinski definition) is 2. The van der Waals surface area contributed by atoms with Crippen molar-refractivity contribution in [3.8, 4) is 12.3 Å². The van der Waals surface area contributed by atoms with Gasteiger partial charge in [-0.1, -0.05) is 12.8 Å². The number of terminal acetylenes is 1. The molecule has 1 rings (SSSR count). The Balaban J connectivity index is 2.54. The molecule has 0 aromatic rings. The van der Waals surface area contributed by atoms with E-state index < -0.39 is 17.5 Å². The zero-order chi connectivity index (χ0) is 12.9. The molecule has 2 amide bonds. The van der Waals surface area contributed by atoms with E-state index in [1.807, 2.05) is 0 Å². The maximum absolute atomic E-state index is 11.6. The van der Waals surface area contributed by atoms with Crippen LogP contribution in [0.5, 0.6) is 0 Å². The molecule has 0 radical (unpaired) electrons. The molecule has 94 valence electrons. The number of carboxylic acid groups (broad SMARTS) is 1. The second-order valence-electron chi connectivity index (χ2n) is 4.50. The molecule has 5 heteroatoms. The third-order valence-electron chi connectivity index (χ3n) is 3.02. The van der Waals surface area contributed by atoms with Crippen LogP contribution in [-0.2, 0) is 4.79 Å². The fourth-order valence-electron chi connectivity index (χ4n) is 2.08. The van der Waals surface area contributed by atoms with Gasteiger partial charge in [0.2, 0.25) is 0 Å². The van der Waals surface area contributed by atoms with Crippen LogP contribution in [0.25, 0.3) is 0 Å². The van der Waals surface area contributed by atoms with E-state index in [2.05, 4.69) is 16.6 Å². The van der Waals surface area contributed by atoms with E-state index in [0.717, 1.165) is 12.8 Å². The first-order valence-corrected chi connectivity index (χ1v) is 5.76. The molecule has 0 heterocycles. The standard InChI is InChI=1S/C12H18N2O3/c1-3-6-9(2)13-11(17)14-12(10(15)16)7-4-5-8-12/h1,9H,4-8H2,2H3,(H,15,16)(H2,13,14,17). The number of amides is 2. The number of hydrogen-bond donors (Lipinski definition) is 3. The Kier molecular flexibility index (Phi) is 4.38. The summed E-state index contributed by atoms with van der Waals surface area (Å²) >= 11 is 0. The summed E-state index contributed by atoms with van der Waals surface area (Å²) in [5.74, 6) is 1.48. The van der Waals surface area contributed by atoms with Gasteiger partial charge >= 0.3 is 12.0 Å². The summed E-state index contributed by atoms with van der Waals surface area (Å²) in [6, 6.07) is -0.621. The van der Waals surface area contributed by atoms with Gasteiger partial charge in [0, 0.05) is 12.5 Å². The second-order valence-corrected chi connectivity index (χ2v) is 4.50. The highest BCUT2D eigenvalue weighted by molar-refractivity contribution is 5.86. The molecule has 1 atom stereocenters. The summed E-state index contributed by atoms with van der Waals surface area (Å²) in [6.07, 6.45) is 8.17. The Morgan fingerprint density at radius 1 is 1.47 bits per heavy atom. The van der Waals surface area contributed by atoms with E-state index in [-0.39, 0.29) is 6.04 Å².